The van der Waals surface area contributed by atoms with E-state index in [-0.39, 0.29) is 0 Å². The zero-order chi connectivity index (χ0) is 16.7. The minimum absolute atomic E-state index is 0.515. The van der Waals surface area contributed by atoms with Crippen LogP contribution in [0.25, 0.3) is 0 Å². The summed E-state index contributed by atoms with van der Waals surface area (Å²) in [6, 6.07) is 0.757. The van der Waals surface area contributed by atoms with Gasteiger partial charge in [0, 0.05) is 45.3 Å². The normalized spacial score (nSPS) is 28.0. The monoisotopic (exact) mass is 325 g/mol. The molecule has 1 aliphatic carbocycles. The number of nitrogens with zero attached hydrogens (tertiary/aromatic N) is 3. The van der Waals surface area contributed by atoms with Crippen molar-refractivity contribution in [1.82, 2.24) is 14.7 Å². The summed E-state index contributed by atoms with van der Waals surface area (Å²) in [6.45, 7) is 16.3. The Labute approximate surface area is 144 Å². The molecule has 23 heavy (non-hydrogen) atoms. The minimum atomic E-state index is 0.515. The van der Waals surface area contributed by atoms with Crippen LogP contribution in [0.5, 0.6) is 0 Å². The quantitative estimate of drug-likeness (QED) is 0.614. The summed E-state index contributed by atoms with van der Waals surface area (Å²) in [4.78, 5) is 7.65. The van der Waals surface area contributed by atoms with Crippen LogP contribution in [0.15, 0.2) is 0 Å². The summed E-state index contributed by atoms with van der Waals surface area (Å²) in [5.41, 5.74) is 0. The Kier molecular flexibility index (Phi) is 8.31. The number of likely N-dealkylation sites (N-methyl/N-ethyl adjacent to an activating group) is 1. The zero-order valence-corrected chi connectivity index (χ0v) is 16.0. The van der Waals surface area contributed by atoms with Gasteiger partial charge in [-0.15, -0.1) is 0 Å². The lowest BCUT2D eigenvalue weighted by molar-refractivity contribution is -0.0546. The predicted octanol–water partition coefficient (Wildman–Crippen LogP) is 2.54. The molecule has 2 rings (SSSR count). The van der Waals surface area contributed by atoms with Gasteiger partial charge in [0.25, 0.3) is 0 Å². The Hall–Kier alpha value is -0.160. The summed E-state index contributed by atoms with van der Waals surface area (Å²) in [5, 5.41) is 0. The van der Waals surface area contributed by atoms with E-state index >= 15 is 0 Å². The molecule has 1 unspecified atom stereocenters. The van der Waals surface area contributed by atoms with Crippen LogP contribution >= 0.6 is 0 Å². The standard InChI is InChI=1S/C19H39N3O/c1-5-7-17(3)16-20(4)18-14-19(15-18)23-13-12-22-10-8-21(6-2)9-11-22/h17-19H,5-16H2,1-4H3. The molecule has 0 bridgehead atoms. The molecular weight excluding hydrogens is 286 g/mol. The number of piperazine rings is 1. The van der Waals surface area contributed by atoms with Gasteiger partial charge in [0.2, 0.25) is 0 Å². The Bertz CT molecular complexity index is 312. The van der Waals surface area contributed by atoms with E-state index in [1.807, 2.05) is 0 Å². The topological polar surface area (TPSA) is 19.0 Å². The second-order valence-electron chi connectivity index (χ2n) is 7.73. The van der Waals surface area contributed by atoms with Gasteiger partial charge in [-0.1, -0.05) is 27.2 Å². The van der Waals surface area contributed by atoms with Crippen LogP contribution in [0.2, 0.25) is 0 Å². The van der Waals surface area contributed by atoms with Crippen molar-refractivity contribution < 1.29 is 4.74 Å². The first kappa shape index (κ1) is 19.2. The van der Waals surface area contributed by atoms with Crippen LogP contribution < -0.4 is 0 Å². The van der Waals surface area contributed by atoms with Crippen LogP contribution in [0, 0.1) is 5.92 Å². The lowest BCUT2D eigenvalue weighted by Crippen LogP contribution is -2.49. The van der Waals surface area contributed by atoms with E-state index in [0.29, 0.717) is 6.10 Å². The maximum absolute atomic E-state index is 6.08. The predicted molar refractivity (Wildman–Crippen MR) is 98.0 cm³/mol. The molecule has 0 aromatic heterocycles. The summed E-state index contributed by atoms with van der Waals surface area (Å²) in [6.07, 6.45) is 5.64. The van der Waals surface area contributed by atoms with Crippen molar-refractivity contribution in [2.24, 2.45) is 5.92 Å². The number of hydrogen-bond acceptors (Lipinski definition) is 4. The van der Waals surface area contributed by atoms with Gasteiger partial charge >= 0.3 is 0 Å². The average molecular weight is 326 g/mol. The molecule has 2 fully saturated rings. The van der Waals surface area contributed by atoms with Crippen molar-refractivity contribution in [3.05, 3.63) is 0 Å². The molecule has 1 atom stereocenters. The molecule has 4 heteroatoms. The van der Waals surface area contributed by atoms with Crippen LogP contribution in [0.4, 0.5) is 0 Å². The van der Waals surface area contributed by atoms with Crippen LogP contribution in [-0.4, -0.2) is 86.3 Å². The van der Waals surface area contributed by atoms with Crippen molar-refractivity contribution in [1.29, 1.82) is 0 Å². The molecule has 1 saturated carbocycles. The smallest absolute Gasteiger partial charge is 0.0605 e. The van der Waals surface area contributed by atoms with Gasteiger partial charge in [-0.25, -0.2) is 0 Å². The fourth-order valence-corrected chi connectivity index (χ4v) is 3.94. The Morgan fingerprint density at radius 2 is 1.74 bits per heavy atom. The average Bonchev–Trinajstić information content (AvgIpc) is 2.50. The molecular formula is C19H39N3O. The van der Waals surface area contributed by atoms with Gasteiger partial charge in [-0.3, -0.25) is 4.90 Å². The van der Waals surface area contributed by atoms with Crippen molar-refractivity contribution in [3.8, 4) is 0 Å². The second kappa shape index (κ2) is 9.97. The molecule has 1 aliphatic heterocycles. The molecule has 1 saturated heterocycles. The molecule has 1 heterocycles. The van der Waals surface area contributed by atoms with Crippen molar-refractivity contribution in [2.45, 2.75) is 58.6 Å². The highest BCUT2D eigenvalue weighted by Gasteiger charge is 2.33. The van der Waals surface area contributed by atoms with Gasteiger partial charge in [0.1, 0.15) is 0 Å². The zero-order valence-electron chi connectivity index (χ0n) is 16.0. The van der Waals surface area contributed by atoms with Crippen LogP contribution in [0.1, 0.15) is 46.5 Å². The van der Waals surface area contributed by atoms with Gasteiger partial charge < -0.3 is 14.5 Å². The van der Waals surface area contributed by atoms with Crippen molar-refractivity contribution in [3.63, 3.8) is 0 Å². The number of hydrogen-bond donors (Lipinski definition) is 0. The lowest BCUT2D eigenvalue weighted by atomic mass is 9.87. The van der Waals surface area contributed by atoms with Gasteiger partial charge in [0.15, 0.2) is 0 Å². The van der Waals surface area contributed by atoms with E-state index in [0.717, 1.165) is 25.1 Å². The maximum atomic E-state index is 6.08. The van der Waals surface area contributed by atoms with E-state index in [4.69, 9.17) is 4.74 Å². The van der Waals surface area contributed by atoms with Crippen LogP contribution in [0.3, 0.4) is 0 Å². The Morgan fingerprint density at radius 1 is 1.09 bits per heavy atom. The lowest BCUT2D eigenvalue weighted by Gasteiger charge is -2.42. The van der Waals surface area contributed by atoms with Gasteiger partial charge in [-0.05, 0) is 38.8 Å². The molecule has 0 spiro atoms. The molecule has 4 nitrogen and oxygen atoms in total. The third kappa shape index (κ3) is 6.33. The highest BCUT2D eigenvalue weighted by atomic mass is 16.5. The molecule has 0 N–H and O–H groups in total. The third-order valence-electron chi connectivity index (χ3n) is 5.75. The third-order valence-corrected chi connectivity index (χ3v) is 5.75. The first-order valence-electron chi connectivity index (χ1n) is 9.88. The molecule has 136 valence electrons. The summed E-state index contributed by atoms with van der Waals surface area (Å²) in [7, 11) is 2.29. The highest BCUT2D eigenvalue weighted by molar-refractivity contribution is 4.87. The summed E-state index contributed by atoms with van der Waals surface area (Å²) in [5.74, 6) is 0.826. The molecule has 0 radical (unpaired) electrons. The Morgan fingerprint density at radius 3 is 2.35 bits per heavy atom. The largest absolute Gasteiger partial charge is 0.377 e. The second-order valence-corrected chi connectivity index (χ2v) is 7.73. The van der Waals surface area contributed by atoms with E-state index in [1.54, 1.807) is 0 Å². The summed E-state index contributed by atoms with van der Waals surface area (Å²) < 4.78 is 6.08. The maximum Gasteiger partial charge on any atom is 0.0605 e. The van der Waals surface area contributed by atoms with E-state index in [2.05, 4.69) is 42.5 Å². The van der Waals surface area contributed by atoms with Crippen molar-refractivity contribution in [2.75, 3.05) is 59.5 Å². The van der Waals surface area contributed by atoms with Crippen molar-refractivity contribution >= 4 is 0 Å². The fourth-order valence-electron chi connectivity index (χ4n) is 3.94. The Balaban J connectivity index is 1.50. The first-order valence-corrected chi connectivity index (χ1v) is 9.88. The van der Waals surface area contributed by atoms with Gasteiger partial charge in [-0.2, -0.15) is 0 Å². The summed E-state index contributed by atoms with van der Waals surface area (Å²) >= 11 is 0. The first-order chi connectivity index (χ1) is 11.1. The van der Waals surface area contributed by atoms with Crippen LogP contribution in [-0.2, 0) is 4.74 Å². The molecule has 0 aromatic carbocycles. The van der Waals surface area contributed by atoms with E-state index in [1.165, 1.54) is 65.0 Å². The van der Waals surface area contributed by atoms with Gasteiger partial charge in [0.05, 0.1) is 12.7 Å². The van der Waals surface area contributed by atoms with E-state index < -0.39 is 0 Å². The van der Waals surface area contributed by atoms with E-state index in [9.17, 15) is 0 Å². The number of ether oxygens (including phenoxy) is 1. The highest BCUT2D eigenvalue weighted by Crippen LogP contribution is 2.28. The molecule has 2 aliphatic rings. The SMILES string of the molecule is CCCC(C)CN(C)C1CC(OCCN2CCN(CC)CC2)C1. The fraction of sp³-hybridized carbons (Fsp3) is 1.00. The molecule has 0 amide bonds. The molecule has 0 aromatic rings. The number of rotatable bonds is 10. The minimum Gasteiger partial charge on any atom is -0.377 e.